The van der Waals surface area contributed by atoms with Gasteiger partial charge in [-0.3, -0.25) is 0 Å². The molecular weight excluding hydrogens is 291 g/mol. The van der Waals surface area contributed by atoms with E-state index in [1.54, 1.807) is 0 Å². The molecule has 0 bridgehead atoms. The molecule has 20 heavy (non-hydrogen) atoms. The smallest absolute Gasteiger partial charge is 0.316 e. The molecule has 0 spiro atoms. The standard InChI is InChI=1S/C13H16F3NO2S/c14-13(15,16)11-3-5-12(6-4-11)20(18,19)9-10-2-1-7-17-8-10/h3-6,10,17H,1-2,7-9H2. The van der Waals surface area contributed by atoms with Crippen molar-refractivity contribution in [2.24, 2.45) is 5.92 Å². The van der Waals surface area contributed by atoms with Gasteiger partial charge in [0, 0.05) is 0 Å². The molecule has 0 saturated carbocycles. The van der Waals surface area contributed by atoms with Gasteiger partial charge in [-0.05, 0) is 56.1 Å². The van der Waals surface area contributed by atoms with Crippen molar-refractivity contribution in [3.8, 4) is 0 Å². The largest absolute Gasteiger partial charge is 0.416 e. The fraction of sp³-hybridized carbons (Fsp3) is 0.538. The monoisotopic (exact) mass is 307 g/mol. The van der Waals surface area contributed by atoms with E-state index < -0.39 is 21.6 Å². The molecule has 7 heteroatoms. The Morgan fingerprint density at radius 1 is 1.20 bits per heavy atom. The number of rotatable bonds is 3. The highest BCUT2D eigenvalue weighted by Crippen LogP contribution is 2.30. The average molecular weight is 307 g/mol. The maximum Gasteiger partial charge on any atom is 0.416 e. The predicted octanol–water partition coefficient (Wildman–Crippen LogP) is 2.48. The Morgan fingerprint density at radius 2 is 1.85 bits per heavy atom. The maximum absolute atomic E-state index is 12.4. The molecule has 0 aliphatic carbocycles. The van der Waals surface area contributed by atoms with E-state index in [1.165, 1.54) is 0 Å². The van der Waals surface area contributed by atoms with Gasteiger partial charge in [-0.2, -0.15) is 13.2 Å². The Hall–Kier alpha value is -1.08. The third-order valence-electron chi connectivity index (χ3n) is 3.39. The van der Waals surface area contributed by atoms with Crippen molar-refractivity contribution < 1.29 is 21.6 Å². The normalized spacial score (nSPS) is 20.9. The van der Waals surface area contributed by atoms with E-state index in [1.807, 2.05) is 0 Å². The van der Waals surface area contributed by atoms with Crippen molar-refractivity contribution in [1.29, 1.82) is 0 Å². The summed E-state index contributed by atoms with van der Waals surface area (Å²) < 4.78 is 61.6. The molecule has 0 radical (unpaired) electrons. The minimum Gasteiger partial charge on any atom is -0.316 e. The molecule has 1 fully saturated rings. The summed E-state index contributed by atoms with van der Waals surface area (Å²) in [5.74, 6) is 0.00166. The number of halogens is 3. The van der Waals surface area contributed by atoms with Gasteiger partial charge in [0.2, 0.25) is 0 Å². The summed E-state index contributed by atoms with van der Waals surface area (Å²) in [6.45, 7) is 1.52. The van der Waals surface area contributed by atoms with Gasteiger partial charge in [0.1, 0.15) is 0 Å². The second-order valence-corrected chi connectivity index (χ2v) is 7.05. The third kappa shape index (κ3) is 3.73. The molecule has 1 unspecified atom stereocenters. The molecule has 1 heterocycles. The van der Waals surface area contributed by atoms with Crippen molar-refractivity contribution in [2.75, 3.05) is 18.8 Å². The van der Waals surface area contributed by atoms with Crippen LogP contribution in [0.2, 0.25) is 0 Å². The van der Waals surface area contributed by atoms with E-state index in [9.17, 15) is 21.6 Å². The molecular formula is C13H16F3NO2S. The summed E-state index contributed by atoms with van der Waals surface area (Å²) in [6.07, 6.45) is -2.70. The van der Waals surface area contributed by atoms with Crippen LogP contribution in [0.1, 0.15) is 18.4 Å². The number of piperidine rings is 1. The summed E-state index contributed by atoms with van der Waals surface area (Å²) in [6, 6.07) is 3.70. The molecule has 3 nitrogen and oxygen atoms in total. The molecule has 0 aromatic heterocycles. The van der Waals surface area contributed by atoms with E-state index >= 15 is 0 Å². The summed E-state index contributed by atoms with van der Waals surface area (Å²) >= 11 is 0. The maximum atomic E-state index is 12.4. The lowest BCUT2D eigenvalue weighted by Gasteiger charge is -2.22. The van der Waals surface area contributed by atoms with E-state index in [4.69, 9.17) is 0 Å². The first kappa shape index (κ1) is 15.3. The van der Waals surface area contributed by atoms with E-state index in [0.717, 1.165) is 43.7 Å². The fourth-order valence-corrected chi connectivity index (χ4v) is 3.97. The number of alkyl halides is 3. The van der Waals surface area contributed by atoms with Crippen LogP contribution < -0.4 is 5.32 Å². The van der Waals surface area contributed by atoms with Crippen LogP contribution >= 0.6 is 0 Å². The van der Waals surface area contributed by atoms with Crippen LogP contribution in [0.25, 0.3) is 0 Å². The van der Waals surface area contributed by atoms with Crippen LogP contribution in [0.4, 0.5) is 13.2 Å². The Morgan fingerprint density at radius 3 is 2.35 bits per heavy atom. The van der Waals surface area contributed by atoms with Gasteiger partial charge < -0.3 is 5.32 Å². The number of hydrogen-bond donors (Lipinski definition) is 1. The lowest BCUT2D eigenvalue weighted by Crippen LogP contribution is -2.33. The lowest BCUT2D eigenvalue weighted by atomic mass is 10.0. The summed E-state index contributed by atoms with van der Waals surface area (Å²) in [5, 5.41) is 3.12. The first-order chi connectivity index (χ1) is 9.29. The van der Waals surface area contributed by atoms with E-state index in [2.05, 4.69) is 5.32 Å². The summed E-state index contributed by atoms with van der Waals surface area (Å²) in [4.78, 5) is -0.0453. The molecule has 1 aliphatic heterocycles. The number of hydrogen-bond acceptors (Lipinski definition) is 3. The third-order valence-corrected chi connectivity index (χ3v) is 5.30. The zero-order chi connectivity index (χ0) is 14.8. The van der Waals surface area contributed by atoms with Crippen molar-refractivity contribution >= 4 is 9.84 Å². The van der Waals surface area contributed by atoms with Crippen LogP contribution in [0, 0.1) is 5.92 Å². The predicted molar refractivity (Wildman–Crippen MR) is 69.1 cm³/mol. The topological polar surface area (TPSA) is 46.2 Å². The molecule has 2 rings (SSSR count). The van der Waals surface area contributed by atoms with Crippen molar-refractivity contribution in [1.82, 2.24) is 5.32 Å². The highest BCUT2D eigenvalue weighted by atomic mass is 32.2. The van der Waals surface area contributed by atoms with Gasteiger partial charge in [0.15, 0.2) is 9.84 Å². The molecule has 1 saturated heterocycles. The highest BCUT2D eigenvalue weighted by Gasteiger charge is 2.31. The Labute approximate surface area is 116 Å². The van der Waals surface area contributed by atoms with E-state index in [-0.39, 0.29) is 16.6 Å². The van der Waals surface area contributed by atoms with Gasteiger partial charge >= 0.3 is 6.18 Å². The van der Waals surface area contributed by atoms with Crippen molar-refractivity contribution in [3.63, 3.8) is 0 Å². The lowest BCUT2D eigenvalue weighted by molar-refractivity contribution is -0.137. The first-order valence-electron chi connectivity index (χ1n) is 6.40. The van der Waals surface area contributed by atoms with Crippen LogP contribution in [0.5, 0.6) is 0 Å². The van der Waals surface area contributed by atoms with Crippen molar-refractivity contribution in [2.45, 2.75) is 23.9 Å². The van der Waals surface area contributed by atoms with Gasteiger partial charge in [-0.25, -0.2) is 8.42 Å². The average Bonchev–Trinajstić information content (AvgIpc) is 2.38. The van der Waals surface area contributed by atoms with Gasteiger partial charge in [-0.15, -0.1) is 0 Å². The summed E-state index contributed by atoms with van der Waals surface area (Å²) in [5.41, 5.74) is -0.837. The Kier molecular flexibility index (Phi) is 4.39. The minimum atomic E-state index is -4.45. The second kappa shape index (κ2) is 5.73. The van der Waals surface area contributed by atoms with Gasteiger partial charge in [0.05, 0.1) is 16.2 Å². The van der Waals surface area contributed by atoms with E-state index in [0.29, 0.717) is 6.54 Å². The molecule has 1 atom stereocenters. The first-order valence-corrected chi connectivity index (χ1v) is 8.05. The zero-order valence-corrected chi connectivity index (χ0v) is 11.6. The molecule has 1 aromatic carbocycles. The second-order valence-electron chi connectivity index (χ2n) is 5.02. The Bertz CT molecular complexity index is 546. The molecule has 1 aromatic rings. The SMILES string of the molecule is O=S(=O)(CC1CCCNC1)c1ccc(C(F)(F)F)cc1. The number of sulfone groups is 1. The van der Waals surface area contributed by atoms with Gasteiger partial charge in [0.25, 0.3) is 0 Å². The Balaban J connectivity index is 2.13. The van der Waals surface area contributed by atoms with Crippen LogP contribution in [0.3, 0.4) is 0 Å². The van der Waals surface area contributed by atoms with Crippen LogP contribution in [-0.2, 0) is 16.0 Å². The molecule has 112 valence electrons. The summed E-state index contributed by atoms with van der Waals surface area (Å²) in [7, 11) is -3.53. The zero-order valence-electron chi connectivity index (χ0n) is 10.8. The highest BCUT2D eigenvalue weighted by molar-refractivity contribution is 7.91. The van der Waals surface area contributed by atoms with Gasteiger partial charge in [-0.1, -0.05) is 0 Å². The quantitative estimate of drug-likeness (QED) is 0.933. The number of nitrogens with one attached hydrogen (secondary N) is 1. The van der Waals surface area contributed by atoms with Crippen LogP contribution in [-0.4, -0.2) is 27.3 Å². The minimum absolute atomic E-state index is 0.0225. The molecule has 1 N–H and O–H groups in total. The fourth-order valence-electron chi connectivity index (χ4n) is 2.32. The van der Waals surface area contributed by atoms with Crippen molar-refractivity contribution in [3.05, 3.63) is 29.8 Å². The molecule has 0 amide bonds. The number of benzene rings is 1. The van der Waals surface area contributed by atoms with Crippen LogP contribution in [0.15, 0.2) is 29.2 Å². The molecule has 1 aliphatic rings.